The number of furan rings is 1. The third-order valence-electron chi connectivity index (χ3n) is 4.43. The minimum atomic E-state index is 0.0790. The van der Waals surface area contributed by atoms with Crippen molar-refractivity contribution >= 4 is 16.9 Å². The highest BCUT2D eigenvalue weighted by molar-refractivity contribution is 5.81. The fourth-order valence-corrected chi connectivity index (χ4v) is 3.38. The Morgan fingerprint density at radius 3 is 3.04 bits per heavy atom. The molecule has 1 saturated heterocycles. The van der Waals surface area contributed by atoms with Crippen LogP contribution in [-0.4, -0.2) is 28.8 Å². The van der Waals surface area contributed by atoms with E-state index >= 15 is 0 Å². The van der Waals surface area contributed by atoms with Crippen molar-refractivity contribution in [2.24, 2.45) is 11.3 Å². The molecule has 1 fully saturated rings. The van der Waals surface area contributed by atoms with Gasteiger partial charge < -0.3 is 4.42 Å². The Morgan fingerprint density at radius 1 is 1.43 bits per heavy atom. The molecule has 0 aromatic carbocycles. The number of aromatic nitrogens is 1. The van der Waals surface area contributed by atoms with E-state index in [1.54, 1.807) is 6.26 Å². The van der Waals surface area contributed by atoms with Crippen molar-refractivity contribution in [3.8, 4) is 0 Å². The first-order valence-electron chi connectivity index (χ1n) is 8.48. The average molecular weight is 314 g/mol. The summed E-state index contributed by atoms with van der Waals surface area (Å²) in [6, 6.07) is 4.07. The summed E-state index contributed by atoms with van der Waals surface area (Å²) in [5.74, 6) is 0.610. The van der Waals surface area contributed by atoms with E-state index in [0.29, 0.717) is 17.9 Å². The van der Waals surface area contributed by atoms with Gasteiger partial charge >= 0.3 is 0 Å². The first-order valence-corrected chi connectivity index (χ1v) is 8.48. The zero-order valence-electron chi connectivity index (χ0n) is 14.3. The van der Waals surface area contributed by atoms with E-state index in [9.17, 15) is 4.79 Å². The van der Waals surface area contributed by atoms with Gasteiger partial charge in [0.2, 0.25) is 5.71 Å². The molecular weight excluding hydrogens is 288 g/mol. The number of carbonyl (C=O) groups is 1. The SMILES string of the molecule is CC(C)(C)CC(=O)[C@@H]1CCCN(Cc2cnc3occc3c2)C1. The molecule has 3 heterocycles. The van der Waals surface area contributed by atoms with E-state index in [-0.39, 0.29) is 11.3 Å². The van der Waals surface area contributed by atoms with E-state index in [0.717, 1.165) is 37.9 Å². The third-order valence-corrected chi connectivity index (χ3v) is 4.43. The molecule has 0 N–H and O–H groups in total. The minimum absolute atomic E-state index is 0.0790. The van der Waals surface area contributed by atoms with Gasteiger partial charge in [0.1, 0.15) is 5.78 Å². The molecule has 1 aliphatic heterocycles. The molecular formula is C19H26N2O2. The second-order valence-electron chi connectivity index (χ2n) is 7.94. The summed E-state index contributed by atoms with van der Waals surface area (Å²) in [5.41, 5.74) is 1.95. The van der Waals surface area contributed by atoms with Gasteiger partial charge in [0.25, 0.3) is 0 Å². The topological polar surface area (TPSA) is 46.3 Å². The van der Waals surface area contributed by atoms with Crippen LogP contribution in [0.2, 0.25) is 0 Å². The van der Waals surface area contributed by atoms with E-state index in [1.165, 1.54) is 5.56 Å². The van der Waals surface area contributed by atoms with E-state index in [2.05, 4.69) is 36.7 Å². The fourth-order valence-electron chi connectivity index (χ4n) is 3.38. The molecule has 1 atom stereocenters. The van der Waals surface area contributed by atoms with Gasteiger partial charge in [-0.25, -0.2) is 4.98 Å². The lowest BCUT2D eigenvalue weighted by molar-refractivity contribution is -0.126. The van der Waals surface area contributed by atoms with Crippen LogP contribution < -0.4 is 0 Å². The van der Waals surface area contributed by atoms with Crippen molar-refractivity contribution in [2.45, 2.75) is 46.6 Å². The number of nitrogens with zero attached hydrogens (tertiary/aromatic N) is 2. The maximum atomic E-state index is 12.5. The molecule has 4 heteroatoms. The number of fused-ring (bicyclic) bond motifs is 1. The number of piperidine rings is 1. The molecule has 4 nitrogen and oxygen atoms in total. The molecule has 2 aromatic rings. The van der Waals surface area contributed by atoms with Crippen molar-refractivity contribution in [1.29, 1.82) is 0 Å². The molecule has 0 amide bonds. The smallest absolute Gasteiger partial charge is 0.225 e. The number of rotatable bonds is 4. The molecule has 0 saturated carbocycles. The Hall–Kier alpha value is -1.68. The normalized spacial score (nSPS) is 20.0. The van der Waals surface area contributed by atoms with Gasteiger partial charge in [-0.05, 0) is 42.5 Å². The number of ketones is 1. The van der Waals surface area contributed by atoms with Gasteiger partial charge in [0, 0.05) is 37.0 Å². The summed E-state index contributed by atoms with van der Waals surface area (Å²) in [6.45, 7) is 9.19. The van der Waals surface area contributed by atoms with E-state index < -0.39 is 0 Å². The molecule has 1 aliphatic rings. The van der Waals surface area contributed by atoms with Crippen LogP contribution in [0, 0.1) is 11.3 Å². The van der Waals surface area contributed by atoms with Crippen LogP contribution in [0.15, 0.2) is 29.0 Å². The number of hydrogen-bond acceptors (Lipinski definition) is 4. The molecule has 2 aromatic heterocycles. The lowest BCUT2D eigenvalue weighted by Gasteiger charge is -2.33. The highest BCUT2D eigenvalue weighted by atomic mass is 16.3. The van der Waals surface area contributed by atoms with Crippen LogP contribution >= 0.6 is 0 Å². The predicted octanol–water partition coefficient (Wildman–Crippen LogP) is 4.05. The Kier molecular flexibility index (Phi) is 4.53. The number of pyridine rings is 1. The Morgan fingerprint density at radius 2 is 2.26 bits per heavy atom. The largest absolute Gasteiger partial charge is 0.446 e. The lowest BCUT2D eigenvalue weighted by Crippen LogP contribution is -2.39. The fraction of sp³-hybridized carbons (Fsp3) is 0.579. The highest BCUT2D eigenvalue weighted by Gasteiger charge is 2.28. The van der Waals surface area contributed by atoms with Gasteiger partial charge in [-0.15, -0.1) is 0 Å². The van der Waals surface area contributed by atoms with Gasteiger partial charge in [0.15, 0.2) is 0 Å². The second kappa shape index (κ2) is 6.44. The summed E-state index contributed by atoms with van der Waals surface area (Å²) >= 11 is 0. The Balaban J connectivity index is 1.63. The zero-order valence-corrected chi connectivity index (χ0v) is 14.3. The molecule has 0 radical (unpaired) electrons. The Labute approximate surface area is 137 Å². The minimum Gasteiger partial charge on any atom is -0.446 e. The van der Waals surface area contributed by atoms with Gasteiger partial charge in [-0.2, -0.15) is 0 Å². The van der Waals surface area contributed by atoms with Crippen molar-refractivity contribution in [3.63, 3.8) is 0 Å². The molecule has 0 unspecified atom stereocenters. The van der Waals surface area contributed by atoms with Crippen LogP contribution in [-0.2, 0) is 11.3 Å². The summed E-state index contributed by atoms with van der Waals surface area (Å²) in [7, 11) is 0. The first-order chi connectivity index (χ1) is 10.9. The number of hydrogen-bond donors (Lipinski definition) is 0. The Bertz CT molecular complexity index is 684. The first kappa shape index (κ1) is 16.2. The van der Waals surface area contributed by atoms with Crippen molar-refractivity contribution in [3.05, 3.63) is 30.2 Å². The van der Waals surface area contributed by atoms with Crippen LogP contribution in [0.3, 0.4) is 0 Å². The molecule has 0 aliphatic carbocycles. The monoisotopic (exact) mass is 314 g/mol. The summed E-state index contributed by atoms with van der Waals surface area (Å²) in [5, 5.41) is 1.04. The van der Waals surface area contributed by atoms with Gasteiger partial charge in [-0.3, -0.25) is 9.69 Å². The zero-order chi connectivity index (χ0) is 16.4. The summed E-state index contributed by atoms with van der Waals surface area (Å²) in [6.07, 6.45) is 6.36. The van der Waals surface area contributed by atoms with Crippen molar-refractivity contribution in [1.82, 2.24) is 9.88 Å². The number of Topliss-reactive ketones (excluding diaryl/α,β-unsaturated/α-hetero) is 1. The molecule has 3 rings (SSSR count). The third kappa shape index (κ3) is 4.20. The van der Waals surface area contributed by atoms with Gasteiger partial charge in [-0.1, -0.05) is 20.8 Å². The maximum Gasteiger partial charge on any atom is 0.225 e. The van der Waals surface area contributed by atoms with Crippen molar-refractivity contribution in [2.75, 3.05) is 13.1 Å². The molecule has 0 spiro atoms. The summed E-state index contributed by atoms with van der Waals surface area (Å²) < 4.78 is 5.29. The number of carbonyl (C=O) groups excluding carboxylic acids is 1. The summed E-state index contributed by atoms with van der Waals surface area (Å²) in [4.78, 5) is 19.2. The molecule has 124 valence electrons. The average Bonchev–Trinajstić information content (AvgIpc) is 2.93. The second-order valence-corrected chi connectivity index (χ2v) is 7.94. The molecule has 23 heavy (non-hydrogen) atoms. The predicted molar refractivity (Wildman–Crippen MR) is 91.1 cm³/mol. The molecule has 0 bridgehead atoms. The van der Waals surface area contributed by atoms with Crippen LogP contribution in [0.1, 0.15) is 45.6 Å². The van der Waals surface area contributed by atoms with Crippen LogP contribution in [0.25, 0.3) is 11.1 Å². The standard InChI is InChI=1S/C19H26N2O2/c1-19(2,3)10-17(22)16-5-4-7-21(13-16)12-14-9-15-6-8-23-18(15)20-11-14/h6,8-9,11,16H,4-5,7,10,12-13H2,1-3H3/t16-/m1/s1. The maximum absolute atomic E-state index is 12.5. The van der Waals surface area contributed by atoms with Gasteiger partial charge in [0.05, 0.1) is 6.26 Å². The van der Waals surface area contributed by atoms with E-state index in [1.807, 2.05) is 12.3 Å². The quantitative estimate of drug-likeness (QED) is 0.854. The van der Waals surface area contributed by atoms with Crippen LogP contribution in [0.5, 0.6) is 0 Å². The highest BCUT2D eigenvalue weighted by Crippen LogP contribution is 2.26. The van der Waals surface area contributed by atoms with E-state index in [4.69, 9.17) is 4.42 Å². The van der Waals surface area contributed by atoms with Crippen LogP contribution in [0.4, 0.5) is 0 Å². The number of likely N-dealkylation sites (tertiary alicyclic amines) is 1. The van der Waals surface area contributed by atoms with Crippen molar-refractivity contribution < 1.29 is 9.21 Å². The lowest BCUT2D eigenvalue weighted by atomic mass is 9.83.